The van der Waals surface area contributed by atoms with Crippen molar-refractivity contribution in [1.82, 2.24) is 9.36 Å². The summed E-state index contributed by atoms with van der Waals surface area (Å²) in [7, 11) is 1.85. The molecule has 0 saturated carbocycles. The molecule has 1 aliphatic heterocycles. The van der Waals surface area contributed by atoms with Crippen molar-refractivity contribution in [2.45, 2.75) is 25.6 Å². The number of anilines is 1. The molecule has 4 rings (SSSR count). The van der Waals surface area contributed by atoms with Gasteiger partial charge in [0, 0.05) is 7.05 Å². The summed E-state index contributed by atoms with van der Waals surface area (Å²) >= 11 is 1.57. The Hall–Kier alpha value is -2.73. The number of hydrogen-bond donors (Lipinski definition) is 0. The molecule has 0 N–H and O–H groups in total. The first-order chi connectivity index (χ1) is 13.5. The van der Waals surface area contributed by atoms with Crippen LogP contribution in [-0.2, 0) is 18.3 Å². The van der Waals surface area contributed by atoms with E-state index >= 15 is 0 Å². The van der Waals surface area contributed by atoms with Crippen molar-refractivity contribution in [3.8, 4) is 5.69 Å². The average Bonchev–Trinajstić information content (AvgIpc) is 3.19. The fraction of sp³-hybridized carbons (Fsp3) is 0.273. The minimum absolute atomic E-state index is 0.0272. The van der Waals surface area contributed by atoms with E-state index in [4.69, 9.17) is 0 Å². The Labute approximate surface area is 168 Å². The van der Waals surface area contributed by atoms with Crippen LogP contribution < -0.4 is 10.5 Å². The molecule has 1 amide bonds. The van der Waals surface area contributed by atoms with Crippen LogP contribution in [0.1, 0.15) is 29.1 Å². The maximum atomic E-state index is 13.4. The largest absolute Gasteiger partial charge is 0.295 e. The number of nitrogens with zero attached hydrogens (tertiary/aromatic N) is 3. The van der Waals surface area contributed by atoms with E-state index in [1.165, 1.54) is 5.56 Å². The number of carbonyl (C=O) groups is 1. The Morgan fingerprint density at radius 2 is 1.71 bits per heavy atom. The van der Waals surface area contributed by atoms with E-state index in [2.05, 4.69) is 31.2 Å². The fourth-order valence-electron chi connectivity index (χ4n) is 3.66. The van der Waals surface area contributed by atoms with E-state index in [9.17, 15) is 9.59 Å². The molecular weight excluding hydrogens is 370 g/mol. The van der Waals surface area contributed by atoms with Gasteiger partial charge in [0.15, 0.2) is 0 Å². The Balaban J connectivity index is 1.82. The topological polar surface area (TPSA) is 47.2 Å². The summed E-state index contributed by atoms with van der Waals surface area (Å²) in [5.74, 6) is 0.347. The van der Waals surface area contributed by atoms with Crippen LogP contribution in [0.15, 0.2) is 59.4 Å². The maximum Gasteiger partial charge on any atom is 0.295 e. The molecule has 0 unspecified atom stereocenters. The predicted molar refractivity (Wildman–Crippen MR) is 114 cm³/mol. The van der Waals surface area contributed by atoms with Gasteiger partial charge in [-0.05, 0) is 36.6 Å². The summed E-state index contributed by atoms with van der Waals surface area (Å²) in [4.78, 5) is 27.8. The lowest BCUT2D eigenvalue weighted by Crippen LogP contribution is -2.33. The second kappa shape index (κ2) is 7.36. The van der Waals surface area contributed by atoms with Crippen LogP contribution in [0.25, 0.3) is 5.69 Å². The Kier molecular flexibility index (Phi) is 4.89. The van der Waals surface area contributed by atoms with E-state index in [1.54, 1.807) is 21.3 Å². The van der Waals surface area contributed by atoms with Gasteiger partial charge in [-0.2, -0.15) is 0 Å². The van der Waals surface area contributed by atoms with Gasteiger partial charge < -0.3 is 0 Å². The zero-order chi connectivity index (χ0) is 19.8. The van der Waals surface area contributed by atoms with Crippen molar-refractivity contribution in [2.24, 2.45) is 7.05 Å². The highest BCUT2D eigenvalue weighted by molar-refractivity contribution is 8.00. The first-order valence-electron chi connectivity index (χ1n) is 9.39. The molecule has 1 atom stereocenters. The first kappa shape index (κ1) is 18.6. The molecule has 1 aromatic heterocycles. The van der Waals surface area contributed by atoms with Gasteiger partial charge in [-0.25, -0.2) is 4.68 Å². The quantitative estimate of drug-likeness (QED) is 0.677. The van der Waals surface area contributed by atoms with E-state index in [1.807, 2.05) is 49.0 Å². The lowest BCUT2D eigenvalue weighted by atomic mass is 10.1. The molecule has 0 spiro atoms. The van der Waals surface area contributed by atoms with E-state index in [0.717, 1.165) is 23.4 Å². The average molecular weight is 394 g/mol. The van der Waals surface area contributed by atoms with Crippen LogP contribution in [0.3, 0.4) is 0 Å². The number of rotatable bonds is 4. The number of aromatic nitrogens is 2. The third kappa shape index (κ3) is 2.98. The zero-order valence-electron chi connectivity index (χ0n) is 16.3. The third-order valence-corrected chi connectivity index (χ3v) is 6.52. The molecule has 5 nitrogen and oxygen atoms in total. The number of aryl methyl sites for hydroxylation is 1. The zero-order valence-corrected chi connectivity index (χ0v) is 17.1. The van der Waals surface area contributed by atoms with Crippen LogP contribution in [-0.4, -0.2) is 21.0 Å². The molecule has 6 heteroatoms. The first-order valence-corrected chi connectivity index (χ1v) is 10.4. The lowest BCUT2D eigenvalue weighted by Gasteiger charge is -2.23. The number of benzene rings is 2. The van der Waals surface area contributed by atoms with E-state index in [0.29, 0.717) is 11.4 Å². The molecule has 1 saturated heterocycles. The Morgan fingerprint density at radius 3 is 2.36 bits per heavy atom. The molecule has 0 aliphatic carbocycles. The molecule has 3 aromatic rings. The molecule has 1 fully saturated rings. The van der Waals surface area contributed by atoms with Crippen molar-refractivity contribution >= 4 is 23.4 Å². The summed E-state index contributed by atoms with van der Waals surface area (Å²) in [5, 5.41) is -0.184. The molecular formula is C22H23N3O2S. The molecule has 0 bridgehead atoms. The highest BCUT2D eigenvalue weighted by Gasteiger charge is 2.38. The number of amides is 1. The summed E-state index contributed by atoms with van der Waals surface area (Å²) in [5.41, 5.74) is 4.16. The van der Waals surface area contributed by atoms with Crippen molar-refractivity contribution in [1.29, 1.82) is 0 Å². The van der Waals surface area contributed by atoms with Gasteiger partial charge in [0.25, 0.3) is 5.56 Å². The van der Waals surface area contributed by atoms with Crippen LogP contribution in [0.5, 0.6) is 0 Å². The molecule has 1 aliphatic rings. The molecule has 2 aromatic carbocycles. The third-order valence-electron chi connectivity index (χ3n) is 5.31. The van der Waals surface area contributed by atoms with Crippen LogP contribution in [0.2, 0.25) is 0 Å². The van der Waals surface area contributed by atoms with Crippen molar-refractivity contribution < 1.29 is 4.79 Å². The summed E-state index contributed by atoms with van der Waals surface area (Å²) in [6.07, 6.45) is 0.973. The van der Waals surface area contributed by atoms with Gasteiger partial charge in [0.05, 0.1) is 17.1 Å². The van der Waals surface area contributed by atoms with Crippen LogP contribution in [0, 0.1) is 6.92 Å². The minimum atomic E-state index is -0.184. The second-order valence-corrected chi connectivity index (χ2v) is 8.00. The van der Waals surface area contributed by atoms with E-state index < -0.39 is 0 Å². The smallest absolute Gasteiger partial charge is 0.288 e. The summed E-state index contributed by atoms with van der Waals surface area (Å²) in [6.45, 7) is 4.01. The van der Waals surface area contributed by atoms with Gasteiger partial charge in [-0.3, -0.25) is 19.2 Å². The van der Waals surface area contributed by atoms with Gasteiger partial charge in [-0.15, -0.1) is 11.8 Å². The van der Waals surface area contributed by atoms with Gasteiger partial charge in [0.1, 0.15) is 11.1 Å². The highest BCUT2D eigenvalue weighted by Crippen LogP contribution is 2.41. The van der Waals surface area contributed by atoms with Gasteiger partial charge in [-0.1, -0.05) is 49.4 Å². The Morgan fingerprint density at radius 1 is 1.04 bits per heavy atom. The number of para-hydroxylation sites is 1. The maximum absolute atomic E-state index is 13.4. The van der Waals surface area contributed by atoms with Crippen LogP contribution in [0.4, 0.5) is 5.69 Å². The monoisotopic (exact) mass is 393 g/mol. The predicted octanol–water partition coefficient (Wildman–Crippen LogP) is 3.83. The summed E-state index contributed by atoms with van der Waals surface area (Å²) < 4.78 is 3.44. The number of carbonyl (C=O) groups excluding carboxylic acids is 1. The normalized spacial score (nSPS) is 16.8. The molecule has 28 heavy (non-hydrogen) atoms. The number of thioether (sulfide) groups is 1. The van der Waals surface area contributed by atoms with Crippen molar-refractivity contribution in [3.05, 3.63) is 81.8 Å². The van der Waals surface area contributed by atoms with Gasteiger partial charge >= 0.3 is 0 Å². The van der Waals surface area contributed by atoms with E-state index in [-0.39, 0.29) is 16.8 Å². The van der Waals surface area contributed by atoms with Gasteiger partial charge in [0.2, 0.25) is 5.91 Å². The van der Waals surface area contributed by atoms with Crippen LogP contribution >= 0.6 is 11.8 Å². The molecule has 2 heterocycles. The van der Waals surface area contributed by atoms with Crippen molar-refractivity contribution in [2.75, 3.05) is 10.7 Å². The molecule has 144 valence electrons. The molecule has 0 radical (unpaired) electrons. The van der Waals surface area contributed by atoms with Crippen molar-refractivity contribution in [3.63, 3.8) is 0 Å². The standard InChI is InChI=1S/C22H23N3O2S/c1-4-16-10-12-17(13-11-16)22-24(19(26)14-28-22)20-15(2)23(3)25(21(20)27)18-8-6-5-7-9-18/h5-13,22H,4,14H2,1-3H3/t22-/m0/s1. The SMILES string of the molecule is CCc1ccc([C@@H]2SCC(=O)N2c2c(C)n(C)n(-c3ccccc3)c2=O)cc1. The number of hydrogen-bond acceptors (Lipinski definition) is 3. The Bertz CT molecular complexity index is 1070. The highest BCUT2D eigenvalue weighted by atomic mass is 32.2. The fourth-order valence-corrected chi connectivity index (χ4v) is 4.82. The summed E-state index contributed by atoms with van der Waals surface area (Å²) in [6, 6.07) is 17.8. The lowest BCUT2D eigenvalue weighted by molar-refractivity contribution is -0.115. The second-order valence-electron chi connectivity index (χ2n) is 6.93. The minimum Gasteiger partial charge on any atom is -0.288 e.